The quantitative estimate of drug-likeness (QED) is 0.182. The number of benzene rings is 1. The fourth-order valence-corrected chi connectivity index (χ4v) is 5.91. The van der Waals surface area contributed by atoms with E-state index in [-0.39, 0.29) is 12.8 Å². The first-order valence-electron chi connectivity index (χ1n) is 13.0. The minimum atomic E-state index is -3.12. The summed E-state index contributed by atoms with van der Waals surface area (Å²) in [5.41, 5.74) is 3.16. The molecule has 5 rings (SSSR count). The van der Waals surface area contributed by atoms with Crippen LogP contribution in [0.1, 0.15) is 26.7 Å². The Bertz CT molecular complexity index is 1380. The van der Waals surface area contributed by atoms with Crippen molar-refractivity contribution in [1.29, 1.82) is 0 Å². The number of hydrogen-bond acceptors (Lipinski definition) is 10. The standard InChI is InChI=1S/C25H33N8O4P/c1-3-36-38(34,37-4-2)17-16-35-15-14-32-19-26-22-23(31-12-8-9-13-31)27-25(28-24(22)32)33-18-21(29-30-33)20-10-6-5-7-11-20/h5-7,10-11,18-19H,3-4,8-9,12-17H2,1-2H3. The van der Waals surface area contributed by atoms with Crippen molar-refractivity contribution >= 4 is 24.6 Å². The molecule has 1 fully saturated rings. The lowest BCUT2D eigenvalue weighted by atomic mass is 10.2. The molecule has 0 aliphatic carbocycles. The second-order valence-electron chi connectivity index (χ2n) is 8.85. The van der Waals surface area contributed by atoms with Crippen LogP contribution in [0.3, 0.4) is 0 Å². The van der Waals surface area contributed by atoms with E-state index in [4.69, 9.17) is 23.8 Å². The number of imidazole rings is 1. The van der Waals surface area contributed by atoms with Crippen molar-refractivity contribution in [2.75, 3.05) is 50.6 Å². The number of nitrogens with zero attached hydrogens (tertiary/aromatic N) is 8. The Hall–Kier alpha value is -3.18. The Morgan fingerprint density at radius 3 is 2.50 bits per heavy atom. The van der Waals surface area contributed by atoms with E-state index in [0.29, 0.717) is 38.0 Å². The van der Waals surface area contributed by atoms with Gasteiger partial charge in [-0.3, -0.25) is 4.57 Å². The van der Waals surface area contributed by atoms with Gasteiger partial charge in [0, 0.05) is 25.2 Å². The summed E-state index contributed by atoms with van der Waals surface area (Å²) >= 11 is 0. The van der Waals surface area contributed by atoms with Crippen molar-refractivity contribution in [3.05, 3.63) is 42.9 Å². The molecule has 0 N–H and O–H groups in total. The monoisotopic (exact) mass is 540 g/mol. The molecule has 0 saturated carbocycles. The number of aromatic nitrogens is 7. The molecular formula is C25H33N8O4P. The van der Waals surface area contributed by atoms with Crippen LogP contribution in [-0.4, -0.2) is 80.2 Å². The van der Waals surface area contributed by atoms with Crippen LogP contribution < -0.4 is 4.90 Å². The molecular weight excluding hydrogens is 507 g/mol. The van der Waals surface area contributed by atoms with Crippen LogP contribution in [0.15, 0.2) is 42.9 Å². The molecule has 1 saturated heterocycles. The summed E-state index contributed by atoms with van der Waals surface area (Å²) in [4.78, 5) is 16.6. The fourth-order valence-electron chi connectivity index (χ4n) is 4.44. The second kappa shape index (κ2) is 12.1. The molecule has 3 aromatic heterocycles. The first-order valence-corrected chi connectivity index (χ1v) is 14.7. The molecule has 0 spiro atoms. The highest BCUT2D eigenvalue weighted by molar-refractivity contribution is 7.53. The van der Waals surface area contributed by atoms with Crippen molar-refractivity contribution in [3.63, 3.8) is 0 Å². The van der Waals surface area contributed by atoms with Crippen molar-refractivity contribution < 1.29 is 18.3 Å². The summed E-state index contributed by atoms with van der Waals surface area (Å²) in [6, 6.07) is 9.88. The van der Waals surface area contributed by atoms with Crippen LogP contribution in [-0.2, 0) is 24.9 Å². The van der Waals surface area contributed by atoms with Gasteiger partial charge in [0.25, 0.3) is 5.95 Å². The van der Waals surface area contributed by atoms with E-state index in [9.17, 15) is 4.57 Å². The van der Waals surface area contributed by atoms with Crippen molar-refractivity contribution in [3.8, 4) is 17.2 Å². The van der Waals surface area contributed by atoms with E-state index < -0.39 is 7.60 Å². The molecule has 0 radical (unpaired) electrons. The van der Waals surface area contributed by atoms with Crippen LogP contribution in [0.5, 0.6) is 0 Å². The second-order valence-corrected chi connectivity index (χ2v) is 11.0. The molecule has 202 valence electrons. The Balaban J connectivity index is 1.35. The van der Waals surface area contributed by atoms with Crippen molar-refractivity contribution in [2.45, 2.75) is 33.2 Å². The van der Waals surface area contributed by atoms with E-state index in [2.05, 4.69) is 20.2 Å². The van der Waals surface area contributed by atoms with Crippen LogP contribution in [0, 0.1) is 0 Å². The van der Waals surface area contributed by atoms with Crippen LogP contribution in [0.2, 0.25) is 0 Å². The van der Waals surface area contributed by atoms with E-state index in [1.165, 1.54) is 0 Å². The molecule has 0 atom stereocenters. The summed E-state index contributed by atoms with van der Waals surface area (Å²) in [5, 5.41) is 8.64. The third-order valence-corrected chi connectivity index (χ3v) is 8.28. The highest BCUT2D eigenvalue weighted by Gasteiger charge is 2.24. The average molecular weight is 541 g/mol. The van der Waals surface area contributed by atoms with Gasteiger partial charge in [0.2, 0.25) is 0 Å². The summed E-state index contributed by atoms with van der Waals surface area (Å²) in [5.74, 6) is 1.24. The maximum Gasteiger partial charge on any atom is 0.332 e. The third-order valence-electron chi connectivity index (χ3n) is 6.24. The maximum atomic E-state index is 12.6. The molecule has 1 aliphatic heterocycles. The topological polar surface area (TPSA) is 122 Å². The molecule has 1 aromatic carbocycles. The molecule has 38 heavy (non-hydrogen) atoms. The smallest absolute Gasteiger partial charge is 0.332 e. The number of ether oxygens (including phenoxy) is 1. The molecule has 12 nitrogen and oxygen atoms in total. The number of rotatable bonds is 13. The normalized spacial score (nSPS) is 14.1. The zero-order valence-electron chi connectivity index (χ0n) is 21.8. The predicted octanol–water partition coefficient (Wildman–Crippen LogP) is 3.96. The summed E-state index contributed by atoms with van der Waals surface area (Å²) in [6.07, 6.45) is 6.03. The van der Waals surface area contributed by atoms with Gasteiger partial charge in [0.15, 0.2) is 17.0 Å². The van der Waals surface area contributed by atoms with E-state index in [1.807, 2.05) is 41.1 Å². The SMILES string of the molecule is CCOP(=O)(CCOCCn1cnc2c(N3CCCC3)nc(-n3cc(-c4ccccc4)nn3)nc21)OCC. The van der Waals surface area contributed by atoms with Gasteiger partial charge in [-0.05, 0) is 26.7 Å². The lowest BCUT2D eigenvalue weighted by Crippen LogP contribution is -2.21. The molecule has 13 heteroatoms. The zero-order chi connectivity index (χ0) is 26.4. The van der Waals surface area contributed by atoms with Gasteiger partial charge in [0.1, 0.15) is 5.69 Å². The molecule has 0 unspecified atom stereocenters. The number of hydrogen-bond donors (Lipinski definition) is 0. The first-order chi connectivity index (χ1) is 18.6. The zero-order valence-corrected chi connectivity index (χ0v) is 22.7. The summed E-state index contributed by atoms with van der Waals surface area (Å²) in [6.45, 7) is 7.29. The number of fused-ring (bicyclic) bond motifs is 1. The average Bonchev–Trinajstić information content (AvgIpc) is 3.70. The van der Waals surface area contributed by atoms with Gasteiger partial charge in [-0.15, -0.1) is 5.10 Å². The lowest BCUT2D eigenvalue weighted by Gasteiger charge is -2.17. The Labute approximate surface area is 221 Å². The minimum absolute atomic E-state index is 0.209. The van der Waals surface area contributed by atoms with Crippen LogP contribution >= 0.6 is 7.60 Å². The Morgan fingerprint density at radius 1 is 1.00 bits per heavy atom. The van der Waals surface area contributed by atoms with Crippen LogP contribution in [0.4, 0.5) is 5.82 Å². The third kappa shape index (κ3) is 5.94. The van der Waals surface area contributed by atoms with Crippen molar-refractivity contribution in [2.24, 2.45) is 0 Å². The largest absolute Gasteiger partial charge is 0.379 e. The molecule has 4 aromatic rings. The lowest BCUT2D eigenvalue weighted by molar-refractivity contribution is 0.132. The molecule has 0 bridgehead atoms. The molecule has 0 amide bonds. The Kier molecular flexibility index (Phi) is 8.43. The van der Waals surface area contributed by atoms with Gasteiger partial charge in [0.05, 0.1) is 45.1 Å². The molecule has 4 heterocycles. The Morgan fingerprint density at radius 2 is 1.76 bits per heavy atom. The van der Waals surface area contributed by atoms with E-state index in [1.54, 1.807) is 24.9 Å². The first kappa shape index (κ1) is 26.4. The summed E-state index contributed by atoms with van der Waals surface area (Å²) in [7, 11) is -3.12. The van der Waals surface area contributed by atoms with Gasteiger partial charge >= 0.3 is 7.60 Å². The fraction of sp³-hybridized carbons (Fsp3) is 0.480. The highest BCUT2D eigenvalue weighted by atomic mass is 31.2. The minimum Gasteiger partial charge on any atom is -0.379 e. The number of anilines is 1. The van der Waals surface area contributed by atoms with Gasteiger partial charge < -0.3 is 23.3 Å². The van der Waals surface area contributed by atoms with Gasteiger partial charge in [-0.2, -0.15) is 14.6 Å². The van der Waals surface area contributed by atoms with Gasteiger partial charge in [-0.25, -0.2) is 4.98 Å². The highest BCUT2D eigenvalue weighted by Crippen LogP contribution is 2.47. The van der Waals surface area contributed by atoms with Crippen LogP contribution in [0.25, 0.3) is 28.4 Å². The maximum absolute atomic E-state index is 12.6. The predicted molar refractivity (Wildman–Crippen MR) is 144 cm³/mol. The van der Waals surface area contributed by atoms with Crippen molar-refractivity contribution in [1.82, 2.24) is 34.5 Å². The van der Waals surface area contributed by atoms with E-state index in [0.717, 1.165) is 48.5 Å². The molecule has 1 aliphatic rings. The summed E-state index contributed by atoms with van der Waals surface area (Å²) < 4.78 is 32.6. The van der Waals surface area contributed by atoms with Gasteiger partial charge in [-0.1, -0.05) is 35.5 Å². The van der Waals surface area contributed by atoms with E-state index >= 15 is 0 Å².